The highest BCUT2D eigenvalue weighted by Gasteiger charge is 2.13. The molecule has 2 rings (SSSR count). The van der Waals surface area contributed by atoms with Crippen LogP contribution < -0.4 is 5.32 Å². The zero-order valence-corrected chi connectivity index (χ0v) is 9.63. The summed E-state index contributed by atoms with van der Waals surface area (Å²) in [7, 11) is 0. The maximum Gasteiger partial charge on any atom is 0.0340 e. The molecule has 1 aromatic rings. The molecule has 1 fully saturated rings. The molecule has 0 atom stereocenters. The minimum Gasteiger partial charge on any atom is -0.385 e. The molecule has 0 bridgehead atoms. The van der Waals surface area contributed by atoms with Gasteiger partial charge in [-0.15, -0.1) is 0 Å². The average molecular weight is 203 g/mol. The van der Waals surface area contributed by atoms with Crippen molar-refractivity contribution in [2.45, 2.75) is 39.0 Å². The molecule has 82 valence electrons. The lowest BCUT2D eigenvalue weighted by molar-refractivity contribution is 0.518. The average Bonchev–Trinajstić information content (AvgIpc) is 2.74. The summed E-state index contributed by atoms with van der Waals surface area (Å²) in [6, 6.07) is 8.67. The van der Waals surface area contributed by atoms with Crippen molar-refractivity contribution in [2.75, 3.05) is 11.9 Å². The smallest absolute Gasteiger partial charge is 0.0340 e. The standard InChI is InChI=1S/C14H21N/c1-12-6-8-14(9-7-12)15-11-10-13-4-2-3-5-13/h6-9,13,15H,2-5,10-11H2,1H3. The van der Waals surface area contributed by atoms with Crippen molar-refractivity contribution in [3.63, 3.8) is 0 Å². The number of hydrogen-bond donors (Lipinski definition) is 1. The van der Waals surface area contributed by atoms with Crippen LogP contribution in [0, 0.1) is 12.8 Å². The SMILES string of the molecule is Cc1ccc(NCCC2CCCC2)cc1. The fourth-order valence-electron chi connectivity index (χ4n) is 2.39. The Morgan fingerprint density at radius 2 is 1.80 bits per heavy atom. The van der Waals surface area contributed by atoms with Gasteiger partial charge >= 0.3 is 0 Å². The van der Waals surface area contributed by atoms with E-state index >= 15 is 0 Å². The van der Waals surface area contributed by atoms with Gasteiger partial charge in [-0.1, -0.05) is 43.4 Å². The fourth-order valence-corrected chi connectivity index (χ4v) is 2.39. The zero-order valence-electron chi connectivity index (χ0n) is 9.63. The van der Waals surface area contributed by atoms with Crippen LogP contribution in [-0.4, -0.2) is 6.54 Å². The molecule has 0 radical (unpaired) electrons. The van der Waals surface area contributed by atoms with Crippen LogP contribution in [-0.2, 0) is 0 Å². The van der Waals surface area contributed by atoms with Gasteiger partial charge in [0.15, 0.2) is 0 Å². The Labute approximate surface area is 92.9 Å². The predicted octanol–water partition coefficient (Wildman–Crippen LogP) is 3.99. The molecule has 1 nitrogen and oxygen atoms in total. The molecule has 0 aliphatic heterocycles. The molecule has 1 heteroatoms. The number of anilines is 1. The Balaban J connectivity index is 1.71. The van der Waals surface area contributed by atoms with E-state index in [1.165, 1.54) is 43.4 Å². The second-order valence-corrected chi connectivity index (χ2v) is 4.73. The van der Waals surface area contributed by atoms with E-state index < -0.39 is 0 Å². The molecule has 0 spiro atoms. The van der Waals surface area contributed by atoms with Gasteiger partial charge in [0.05, 0.1) is 0 Å². The molecule has 1 aliphatic rings. The molecule has 1 N–H and O–H groups in total. The summed E-state index contributed by atoms with van der Waals surface area (Å²) in [6.07, 6.45) is 7.16. The topological polar surface area (TPSA) is 12.0 Å². The van der Waals surface area contributed by atoms with Crippen LogP contribution in [0.25, 0.3) is 0 Å². The quantitative estimate of drug-likeness (QED) is 0.780. The third-order valence-electron chi connectivity index (χ3n) is 3.41. The van der Waals surface area contributed by atoms with E-state index in [1.807, 2.05) is 0 Å². The first-order valence-electron chi connectivity index (χ1n) is 6.15. The Hall–Kier alpha value is -0.980. The first-order chi connectivity index (χ1) is 7.34. The third-order valence-corrected chi connectivity index (χ3v) is 3.41. The normalized spacial score (nSPS) is 16.9. The predicted molar refractivity (Wildman–Crippen MR) is 66.2 cm³/mol. The number of rotatable bonds is 4. The van der Waals surface area contributed by atoms with Gasteiger partial charge in [0, 0.05) is 12.2 Å². The van der Waals surface area contributed by atoms with E-state index in [2.05, 4.69) is 36.5 Å². The molecule has 15 heavy (non-hydrogen) atoms. The zero-order chi connectivity index (χ0) is 10.5. The van der Waals surface area contributed by atoms with Crippen molar-refractivity contribution >= 4 is 5.69 Å². The van der Waals surface area contributed by atoms with Gasteiger partial charge in [0.1, 0.15) is 0 Å². The summed E-state index contributed by atoms with van der Waals surface area (Å²) in [5.74, 6) is 0.989. The van der Waals surface area contributed by atoms with Crippen molar-refractivity contribution in [1.82, 2.24) is 0 Å². The molecule has 0 unspecified atom stereocenters. The molecular formula is C14H21N. The van der Waals surface area contributed by atoms with E-state index in [9.17, 15) is 0 Å². The van der Waals surface area contributed by atoms with E-state index in [-0.39, 0.29) is 0 Å². The van der Waals surface area contributed by atoms with Crippen molar-refractivity contribution in [3.8, 4) is 0 Å². The van der Waals surface area contributed by atoms with E-state index in [4.69, 9.17) is 0 Å². The van der Waals surface area contributed by atoms with Crippen LogP contribution in [0.15, 0.2) is 24.3 Å². The van der Waals surface area contributed by atoms with Crippen LogP contribution in [0.4, 0.5) is 5.69 Å². The highest BCUT2D eigenvalue weighted by Crippen LogP contribution is 2.27. The second-order valence-electron chi connectivity index (χ2n) is 4.73. The van der Waals surface area contributed by atoms with Gasteiger partial charge in [-0.05, 0) is 31.4 Å². The van der Waals surface area contributed by atoms with E-state index in [0.29, 0.717) is 0 Å². The first kappa shape index (κ1) is 10.5. The van der Waals surface area contributed by atoms with Crippen LogP contribution in [0.5, 0.6) is 0 Å². The molecule has 1 saturated carbocycles. The minimum absolute atomic E-state index is 0.989. The first-order valence-corrected chi connectivity index (χ1v) is 6.15. The largest absolute Gasteiger partial charge is 0.385 e. The molecule has 0 aromatic heterocycles. The van der Waals surface area contributed by atoms with Crippen LogP contribution in [0.3, 0.4) is 0 Å². The minimum atomic E-state index is 0.989. The maximum atomic E-state index is 3.50. The Bertz CT molecular complexity index is 283. The highest BCUT2D eigenvalue weighted by atomic mass is 14.9. The van der Waals surface area contributed by atoms with Crippen LogP contribution in [0.2, 0.25) is 0 Å². The number of hydrogen-bond acceptors (Lipinski definition) is 1. The fraction of sp³-hybridized carbons (Fsp3) is 0.571. The van der Waals surface area contributed by atoms with Crippen LogP contribution in [0.1, 0.15) is 37.7 Å². The lowest BCUT2D eigenvalue weighted by atomic mass is 10.0. The molecule has 1 aromatic carbocycles. The Kier molecular flexibility index (Phi) is 3.65. The van der Waals surface area contributed by atoms with E-state index in [1.54, 1.807) is 0 Å². The summed E-state index contributed by atoms with van der Waals surface area (Å²) in [6.45, 7) is 3.26. The number of aryl methyl sites for hydroxylation is 1. The molecule has 0 saturated heterocycles. The lowest BCUT2D eigenvalue weighted by Crippen LogP contribution is -2.06. The number of benzene rings is 1. The summed E-state index contributed by atoms with van der Waals surface area (Å²) in [5.41, 5.74) is 2.59. The summed E-state index contributed by atoms with van der Waals surface area (Å²) >= 11 is 0. The molecular weight excluding hydrogens is 182 g/mol. The van der Waals surface area contributed by atoms with Crippen molar-refractivity contribution in [3.05, 3.63) is 29.8 Å². The van der Waals surface area contributed by atoms with E-state index in [0.717, 1.165) is 12.5 Å². The van der Waals surface area contributed by atoms with Crippen LogP contribution >= 0.6 is 0 Å². The molecule has 0 heterocycles. The van der Waals surface area contributed by atoms with Gasteiger partial charge in [0.2, 0.25) is 0 Å². The van der Waals surface area contributed by atoms with Crippen molar-refractivity contribution < 1.29 is 0 Å². The maximum absolute atomic E-state index is 3.50. The lowest BCUT2D eigenvalue weighted by Gasteiger charge is -2.10. The Morgan fingerprint density at radius 3 is 2.47 bits per heavy atom. The third kappa shape index (κ3) is 3.26. The summed E-state index contributed by atoms with van der Waals surface area (Å²) in [4.78, 5) is 0. The second kappa shape index (κ2) is 5.20. The molecule has 0 amide bonds. The monoisotopic (exact) mass is 203 g/mol. The van der Waals surface area contributed by atoms with Gasteiger partial charge in [-0.25, -0.2) is 0 Å². The van der Waals surface area contributed by atoms with Gasteiger partial charge in [-0.3, -0.25) is 0 Å². The van der Waals surface area contributed by atoms with Crippen molar-refractivity contribution in [1.29, 1.82) is 0 Å². The van der Waals surface area contributed by atoms with Gasteiger partial charge in [0.25, 0.3) is 0 Å². The summed E-state index contributed by atoms with van der Waals surface area (Å²) in [5, 5.41) is 3.50. The Morgan fingerprint density at radius 1 is 1.13 bits per heavy atom. The van der Waals surface area contributed by atoms with Gasteiger partial charge < -0.3 is 5.32 Å². The van der Waals surface area contributed by atoms with Gasteiger partial charge in [-0.2, -0.15) is 0 Å². The number of nitrogens with one attached hydrogen (secondary N) is 1. The highest BCUT2D eigenvalue weighted by molar-refractivity contribution is 5.44. The summed E-state index contributed by atoms with van der Waals surface area (Å²) < 4.78 is 0. The molecule has 1 aliphatic carbocycles. The van der Waals surface area contributed by atoms with Crippen molar-refractivity contribution in [2.24, 2.45) is 5.92 Å².